The molecule has 3 heterocycles. The summed E-state index contributed by atoms with van der Waals surface area (Å²) in [5.41, 5.74) is 1.41. The molecule has 0 aromatic heterocycles. The lowest BCUT2D eigenvalue weighted by Gasteiger charge is -2.45. The highest BCUT2D eigenvalue weighted by molar-refractivity contribution is 5.83. The van der Waals surface area contributed by atoms with Gasteiger partial charge in [-0.2, -0.15) is 0 Å². The Morgan fingerprint density at radius 2 is 1.67 bits per heavy atom. The molecule has 0 spiro atoms. The van der Waals surface area contributed by atoms with E-state index >= 15 is 0 Å². The van der Waals surface area contributed by atoms with Gasteiger partial charge >= 0.3 is 0 Å². The van der Waals surface area contributed by atoms with Crippen molar-refractivity contribution in [3.05, 3.63) is 35.9 Å². The number of piperazine rings is 1. The van der Waals surface area contributed by atoms with Crippen LogP contribution in [0.4, 0.5) is 0 Å². The van der Waals surface area contributed by atoms with Crippen molar-refractivity contribution < 1.29 is 9.53 Å². The van der Waals surface area contributed by atoms with Crippen LogP contribution in [0.5, 0.6) is 0 Å². The Morgan fingerprint density at radius 3 is 2.41 bits per heavy atom. The maximum atomic E-state index is 13.1. The topological polar surface area (TPSA) is 36.0 Å². The molecule has 148 valence electrons. The number of rotatable bonds is 5. The smallest absolute Gasteiger partial charge is 0.240 e. The van der Waals surface area contributed by atoms with Gasteiger partial charge in [0.2, 0.25) is 5.91 Å². The molecule has 1 atom stereocenters. The number of amides is 1. The van der Waals surface area contributed by atoms with Gasteiger partial charge in [-0.3, -0.25) is 9.69 Å². The van der Waals surface area contributed by atoms with Crippen molar-refractivity contribution in [3.8, 4) is 0 Å². The van der Waals surface area contributed by atoms with Crippen molar-refractivity contribution in [2.45, 2.75) is 44.2 Å². The summed E-state index contributed by atoms with van der Waals surface area (Å²) in [6, 6.07) is 11.2. The van der Waals surface area contributed by atoms with Crippen molar-refractivity contribution >= 4 is 5.91 Å². The van der Waals surface area contributed by atoms with E-state index < -0.39 is 0 Å². The summed E-state index contributed by atoms with van der Waals surface area (Å²) < 4.78 is 5.48. The molecule has 5 nitrogen and oxygen atoms in total. The summed E-state index contributed by atoms with van der Waals surface area (Å²) in [5.74, 6) is 0.380. The fourth-order valence-electron chi connectivity index (χ4n) is 4.81. The average Bonchev–Trinajstić information content (AvgIpc) is 2.74. The largest absolute Gasteiger partial charge is 0.381 e. The zero-order valence-corrected chi connectivity index (χ0v) is 16.4. The van der Waals surface area contributed by atoms with Crippen LogP contribution in [0.2, 0.25) is 0 Å². The molecule has 0 radical (unpaired) electrons. The molecule has 0 N–H and O–H groups in total. The van der Waals surface area contributed by atoms with E-state index in [4.69, 9.17) is 4.74 Å². The Bertz CT molecular complexity index is 595. The molecule has 0 unspecified atom stereocenters. The SMILES string of the molecule is O=C1[C@@H](N2CCN(CCc3ccccc3)CC2)CCCN1C1CCOCC1. The first-order valence-electron chi connectivity index (χ1n) is 10.7. The van der Waals surface area contributed by atoms with E-state index in [0.717, 1.165) is 84.6 Å². The third-order valence-corrected chi connectivity index (χ3v) is 6.48. The summed E-state index contributed by atoms with van der Waals surface area (Å²) in [6.07, 6.45) is 5.29. The van der Waals surface area contributed by atoms with Gasteiger partial charge in [-0.25, -0.2) is 0 Å². The number of carbonyl (C=O) groups is 1. The standard InChI is InChI=1S/C22H33N3O2/c26-22-21(7-4-11-25(22)20-9-17-27-18-10-20)24-15-13-23(14-16-24)12-8-19-5-2-1-3-6-19/h1-3,5-6,20-21H,4,7-18H2/t21-/m0/s1. The average molecular weight is 372 g/mol. The summed E-state index contributed by atoms with van der Waals surface area (Å²) in [6.45, 7) is 7.86. The number of hydrogen-bond acceptors (Lipinski definition) is 4. The summed E-state index contributed by atoms with van der Waals surface area (Å²) in [4.78, 5) is 20.3. The molecule has 3 fully saturated rings. The van der Waals surface area contributed by atoms with E-state index in [2.05, 4.69) is 45.0 Å². The van der Waals surface area contributed by atoms with Crippen LogP contribution < -0.4 is 0 Å². The van der Waals surface area contributed by atoms with E-state index in [9.17, 15) is 4.79 Å². The van der Waals surface area contributed by atoms with Gasteiger partial charge in [0, 0.05) is 58.5 Å². The quantitative estimate of drug-likeness (QED) is 0.793. The normalized spacial score (nSPS) is 26.4. The molecule has 0 saturated carbocycles. The molecule has 4 rings (SSSR count). The zero-order chi connectivity index (χ0) is 18.5. The molecule has 5 heteroatoms. The highest BCUT2D eigenvalue weighted by atomic mass is 16.5. The predicted octanol–water partition coefficient (Wildman–Crippen LogP) is 2.02. The van der Waals surface area contributed by atoms with Crippen molar-refractivity contribution in [2.75, 3.05) is 52.5 Å². The fourth-order valence-corrected chi connectivity index (χ4v) is 4.81. The van der Waals surface area contributed by atoms with Crippen molar-refractivity contribution in [1.29, 1.82) is 0 Å². The van der Waals surface area contributed by atoms with Crippen molar-refractivity contribution in [1.82, 2.24) is 14.7 Å². The Labute approximate surface area is 163 Å². The fraction of sp³-hybridized carbons (Fsp3) is 0.682. The highest BCUT2D eigenvalue weighted by Gasteiger charge is 2.37. The second-order valence-electron chi connectivity index (χ2n) is 8.15. The van der Waals surface area contributed by atoms with Gasteiger partial charge in [0.1, 0.15) is 0 Å². The molecular weight excluding hydrogens is 338 g/mol. The minimum absolute atomic E-state index is 0.109. The maximum absolute atomic E-state index is 13.1. The Kier molecular flexibility index (Phi) is 6.43. The lowest BCUT2D eigenvalue weighted by molar-refractivity contribution is -0.145. The molecule has 0 bridgehead atoms. The third kappa shape index (κ3) is 4.71. The molecule has 27 heavy (non-hydrogen) atoms. The first-order valence-corrected chi connectivity index (χ1v) is 10.7. The second kappa shape index (κ2) is 9.18. The van der Waals surface area contributed by atoms with E-state index in [-0.39, 0.29) is 6.04 Å². The number of likely N-dealkylation sites (tertiary alicyclic amines) is 1. The lowest BCUT2D eigenvalue weighted by Crippen LogP contribution is -2.59. The van der Waals surface area contributed by atoms with Crippen LogP contribution in [0.15, 0.2) is 30.3 Å². The molecular formula is C22H33N3O2. The summed E-state index contributed by atoms with van der Waals surface area (Å²) in [7, 11) is 0. The number of ether oxygens (including phenoxy) is 1. The predicted molar refractivity (Wildman–Crippen MR) is 107 cm³/mol. The van der Waals surface area contributed by atoms with Gasteiger partial charge in [0.15, 0.2) is 0 Å². The van der Waals surface area contributed by atoms with E-state index in [1.54, 1.807) is 0 Å². The van der Waals surface area contributed by atoms with Crippen molar-refractivity contribution in [2.24, 2.45) is 0 Å². The van der Waals surface area contributed by atoms with E-state index in [1.165, 1.54) is 5.56 Å². The second-order valence-corrected chi connectivity index (χ2v) is 8.15. The zero-order valence-electron chi connectivity index (χ0n) is 16.4. The van der Waals surface area contributed by atoms with Crippen LogP contribution in [0.3, 0.4) is 0 Å². The molecule has 0 aliphatic carbocycles. The van der Waals surface area contributed by atoms with E-state index in [0.29, 0.717) is 11.9 Å². The molecule has 3 saturated heterocycles. The van der Waals surface area contributed by atoms with Gasteiger partial charge in [-0.15, -0.1) is 0 Å². The van der Waals surface area contributed by atoms with Gasteiger partial charge in [0.05, 0.1) is 6.04 Å². The number of piperidine rings is 1. The molecule has 1 amide bonds. The van der Waals surface area contributed by atoms with Gasteiger partial charge < -0.3 is 14.5 Å². The molecule has 3 aliphatic heterocycles. The first kappa shape index (κ1) is 18.9. The van der Waals surface area contributed by atoms with Crippen LogP contribution in [0.25, 0.3) is 0 Å². The maximum Gasteiger partial charge on any atom is 0.240 e. The van der Waals surface area contributed by atoms with Crippen LogP contribution in [-0.4, -0.2) is 85.2 Å². The minimum atomic E-state index is 0.109. The number of hydrogen-bond donors (Lipinski definition) is 0. The Hall–Kier alpha value is -1.43. The number of nitrogens with zero attached hydrogens (tertiary/aromatic N) is 3. The van der Waals surface area contributed by atoms with Crippen LogP contribution in [0, 0.1) is 0 Å². The Balaban J connectivity index is 1.26. The summed E-state index contributed by atoms with van der Waals surface area (Å²) in [5, 5.41) is 0. The number of carbonyl (C=O) groups excluding carboxylic acids is 1. The van der Waals surface area contributed by atoms with Crippen LogP contribution >= 0.6 is 0 Å². The lowest BCUT2D eigenvalue weighted by atomic mass is 9.97. The monoisotopic (exact) mass is 371 g/mol. The highest BCUT2D eigenvalue weighted by Crippen LogP contribution is 2.24. The van der Waals surface area contributed by atoms with Crippen molar-refractivity contribution in [3.63, 3.8) is 0 Å². The molecule has 1 aromatic carbocycles. The third-order valence-electron chi connectivity index (χ3n) is 6.48. The Morgan fingerprint density at radius 1 is 0.926 bits per heavy atom. The van der Waals surface area contributed by atoms with Crippen LogP contribution in [-0.2, 0) is 16.0 Å². The van der Waals surface area contributed by atoms with Crippen LogP contribution in [0.1, 0.15) is 31.2 Å². The number of benzene rings is 1. The molecule has 1 aromatic rings. The minimum Gasteiger partial charge on any atom is -0.381 e. The molecule has 3 aliphatic rings. The van der Waals surface area contributed by atoms with E-state index in [1.807, 2.05) is 0 Å². The first-order chi connectivity index (χ1) is 13.3. The summed E-state index contributed by atoms with van der Waals surface area (Å²) >= 11 is 0. The van der Waals surface area contributed by atoms with Gasteiger partial charge in [-0.05, 0) is 37.7 Å². The van der Waals surface area contributed by atoms with Gasteiger partial charge in [0.25, 0.3) is 0 Å². The van der Waals surface area contributed by atoms with Gasteiger partial charge in [-0.1, -0.05) is 30.3 Å².